The first kappa shape index (κ1) is 22.7. The number of rotatable bonds is 5. The average Bonchev–Trinajstić information content (AvgIpc) is 3.23. The number of carbonyl (C=O) groups is 2. The molecule has 0 aliphatic rings. The van der Waals surface area contributed by atoms with Crippen LogP contribution >= 0.6 is 22.9 Å². The quantitative estimate of drug-likeness (QED) is 0.492. The van der Waals surface area contributed by atoms with Gasteiger partial charge in [-0.05, 0) is 37.3 Å². The number of amides is 2. The van der Waals surface area contributed by atoms with Crippen LogP contribution in [0, 0.1) is 0 Å². The summed E-state index contributed by atoms with van der Waals surface area (Å²) in [6.07, 6.45) is -3.53. The number of para-hydroxylation sites is 1. The topological polar surface area (TPSA) is 91.3 Å². The molecule has 0 fully saturated rings. The molecular weight excluding hydrogens is 455 g/mol. The highest BCUT2D eigenvalue weighted by Gasteiger charge is 2.55. The molecule has 0 bridgehead atoms. The highest BCUT2D eigenvalue weighted by molar-refractivity contribution is 7.13. The fraction of sp³-hybridized carbons (Fsp3) is 0.150. The van der Waals surface area contributed by atoms with Crippen molar-refractivity contribution in [1.29, 1.82) is 0 Å². The lowest BCUT2D eigenvalue weighted by molar-refractivity contribution is -0.242. The van der Waals surface area contributed by atoms with Crippen LogP contribution in [0.5, 0.6) is 0 Å². The Kier molecular flexibility index (Phi) is 6.35. The molecule has 0 aliphatic heterocycles. The van der Waals surface area contributed by atoms with Gasteiger partial charge in [-0.2, -0.15) is 13.2 Å². The largest absolute Gasteiger partial charge is 0.426 e. The van der Waals surface area contributed by atoms with Crippen LogP contribution in [0.4, 0.5) is 24.5 Å². The Morgan fingerprint density at radius 1 is 1.10 bits per heavy atom. The Balaban J connectivity index is 1.78. The number of nitrogens with zero attached hydrogens (tertiary/aromatic N) is 1. The van der Waals surface area contributed by atoms with Crippen LogP contribution in [0.1, 0.15) is 17.3 Å². The van der Waals surface area contributed by atoms with Crippen molar-refractivity contribution in [2.75, 3.05) is 10.6 Å². The summed E-state index contributed by atoms with van der Waals surface area (Å²) in [7, 11) is 0. The molecule has 3 N–H and O–H groups in total. The van der Waals surface area contributed by atoms with E-state index < -0.39 is 23.6 Å². The van der Waals surface area contributed by atoms with Gasteiger partial charge in [-0.25, -0.2) is 4.98 Å². The molecule has 2 aromatic carbocycles. The third-order valence-electron chi connectivity index (χ3n) is 4.31. The van der Waals surface area contributed by atoms with E-state index in [2.05, 4.69) is 10.3 Å². The molecule has 0 spiro atoms. The van der Waals surface area contributed by atoms with Gasteiger partial charge in [0.05, 0.1) is 16.4 Å². The van der Waals surface area contributed by atoms with Crippen molar-refractivity contribution in [3.05, 3.63) is 64.6 Å². The third-order valence-corrected chi connectivity index (χ3v) is 5.43. The molecule has 0 saturated heterocycles. The lowest BCUT2D eigenvalue weighted by Gasteiger charge is -2.25. The maximum absolute atomic E-state index is 12.8. The summed E-state index contributed by atoms with van der Waals surface area (Å²) in [4.78, 5) is 28.7. The van der Waals surface area contributed by atoms with Gasteiger partial charge in [0.15, 0.2) is 0 Å². The minimum absolute atomic E-state index is 0.111. The van der Waals surface area contributed by atoms with E-state index in [1.54, 1.807) is 35.8 Å². The summed E-state index contributed by atoms with van der Waals surface area (Å²) in [5, 5.41) is 16.4. The van der Waals surface area contributed by atoms with E-state index in [1.165, 1.54) is 29.5 Å². The molecule has 6 nitrogen and oxygen atoms in total. The lowest BCUT2D eigenvalue weighted by atomic mass is 10.1. The summed E-state index contributed by atoms with van der Waals surface area (Å²) in [6, 6.07) is 10.7. The fourth-order valence-electron chi connectivity index (χ4n) is 2.46. The molecular formula is C20H15ClF3N3O3S. The van der Waals surface area contributed by atoms with Crippen molar-refractivity contribution < 1.29 is 27.9 Å². The Hall–Kier alpha value is -2.95. The van der Waals surface area contributed by atoms with E-state index >= 15 is 0 Å². The van der Waals surface area contributed by atoms with E-state index in [9.17, 15) is 27.9 Å². The second-order valence-corrected chi connectivity index (χ2v) is 7.86. The van der Waals surface area contributed by atoms with E-state index in [-0.39, 0.29) is 16.3 Å². The Bertz CT molecular complexity index is 1120. The first-order valence-corrected chi connectivity index (χ1v) is 9.97. The Morgan fingerprint density at radius 2 is 1.81 bits per heavy atom. The molecule has 11 heteroatoms. The Morgan fingerprint density at radius 3 is 2.42 bits per heavy atom. The molecule has 1 unspecified atom stereocenters. The normalized spacial score (nSPS) is 13.4. The zero-order valence-electron chi connectivity index (χ0n) is 15.8. The van der Waals surface area contributed by atoms with Gasteiger partial charge in [-0.1, -0.05) is 23.7 Å². The number of hydrogen-bond acceptors (Lipinski definition) is 5. The summed E-state index contributed by atoms with van der Waals surface area (Å²) in [5.74, 6) is -2.22. The molecule has 0 aliphatic carbocycles. The van der Waals surface area contributed by atoms with Gasteiger partial charge in [0.2, 0.25) is 5.60 Å². The third kappa shape index (κ3) is 4.87. The van der Waals surface area contributed by atoms with Crippen LogP contribution < -0.4 is 10.6 Å². The van der Waals surface area contributed by atoms with Crippen molar-refractivity contribution in [3.63, 3.8) is 0 Å². The molecule has 2 amide bonds. The lowest BCUT2D eigenvalue weighted by Crippen LogP contribution is -2.52. The van der Waals surface area contributed by atoms with Gasteiger partial charge in [-0.3, -0.25) is 9.59 Å². The number of halogens is 4. The number of nitrogens with one attached hydrogen (secondary N) is 2. The van der Waals surface area contributed by atoms with E-state index in [1.807, 2.05) is 5.32 Å². The van der Waals surface area contributed by atoms with Gasteiger partial charge < -0.3 is 15.7 Å². The molecule has 3 aromatic rings. The predicted molar refractivity (Wildman–Crippen MR) is 112 cm³/mol. The Labute approximate surface area is 183 Å². The number of anilines is 2. The first-order chi connectivity index (χ1) is 14.5. The second-order valence-electron chi connectivity index (χ2n) is 6.56. The maximum Gasteiger partial charge on any atom is 0.426 e. The predicted octanol–water partition coefficient (Wildman–Crippen LogP) is 4.97. The standard InChI is InChI=1S/C20H15ClF3N3O3S/c1-19(30,20(22,23)24)18(29)27-15-7-6-11(10-13(15)21)16(28)26-14-5-3-2-4-12(14)17-25-8-9-31-17/h2-10,30H,1H3,(H,26,28)(H,27,29). The summed E-state index contributed by atoms with van der Waals surface area (Å²) < 4.78 is 38.4. The summed E-state index contributed by atoms with van der Waals surface area (Å²) in [5.41, 5.74) is -2.45. The minimum Gasteiger partial charge on any atom is -0.373 e. The van der Waals surface area contributed by atoms with Crippen molar-refractivity contribution in [3.8, 4) is 10.6 Å². The van der Waals surface area contributed by atoms with Crippen molar-refractivity contribution >= 4 is 46.1 Å². The zero-order valence-corrected chi connectivity index (χ0v) is 17.4. The smallest absolute Gasteiger partial charge is 0.373 e. The van der Waals surface area contributed by atoms with Gasteiger partial charge in [0.1, 0.15) is 5.01 Å². The van der Waals surface area contributed by atoms with Crippen LogP contribution in [-0.2, 0) is 4.79 Å². The van der Waals surface area contributed by atoms with Gasteiger partial charge >= 0.3 is 6.18 Å². The average molecular weight is 470 g/mol. The van der Waals surface area contributed by atoms with Crippen LogP contribution in [0.15, 0.2) is 54.0 Å². The highest BCUT2D eigenvalue weighted by atomic mass is 35.5. The van der Waals surface area contributed by atoms with Crippen molar-refractivity contribution in [2.45, 2.75) is 18.7 Å². The monoisotopic (exact) mass is 469 g/mol. The van der Waals surface area contributed by atoms with Crippen molar-refractivity contribution in [1.82, 2.24) is 4.98 Å². The van der Waals surface area contributed by atoms with Gasteiger partial charge in [0.25, 0.3) is 11.8 Å². The number of benzene rings is 2. The minimum atomic E-state index is -5.17. The number of aliphatic hydroxyl groups is 1. The zero-order chi connectivity index (χ0) is 22.8. The van der Waals surface area contributed by atoms with Crippen LogP contribution in [0.2, 0.25) is 5.02 Å². The molecule has 1 atom stereocenters. The number of aromatic nitrogens is 1. The second kappa shape index (κ2) is 8.66. The first-order valence-electron chi connectivity index (χ1n) is 8.71. The maximum atomic E-state index is 12.8. The van der Waals surface area contributed by atoms with Gasteiger partial charge in [0, 0.05) is 22.7 Å². The van der Waals surface area contributed by atoms with Crippen molar-refractivity contribution in [2.24, 2.45) is 0 Å². The molecule has 0 radical (unpaired) electrons. The molecule has 162 valence electrons. The molecule has 3 rings (SSSR count). The fourth-order valence-corrected chi connectivity index (χ4v) is 3.37. The highest BCUT2D eigenvalue weighted by Crippen LogP contribution is 2.33. The summed E-state index contributed by atoms with van der Waals surface area (Å²) >= 11 is 7.43. The molecule has 31 heavy (non-hydrogen) atoms. The van der Waals surface area contributed by atoms with Crippen LogP contribution in [0.3, 0.4) is 0 Å². The summed E-state index contributed by atoms with van der Waals surface area (Å²) in [6.45, 7) is 0.331. The number of carbonyl (C=O) groups excluding carboxylic acids is 2. The molecule has 0 saturated carbocycles. The van der Waals surface area contributed by atoms with E-state index in [0.717, 1.165) is 5.56 Å². The number of thiazole rings is 1. The van der Waals surface area contributed by atoms with E-state index in [4.69, 9.17) is 11.6 Å². The molecule has 1 aromatic heterocycles. The van der Waals surface area contributed by atoms with Crippen LogP contribution in [0.25, 0.3) is 10.6 Å². The van der Waals surface area contributed by atoms with E-state index in [0.29, 0.717) is 17.6 Å². The number of alkyl halides is 3. The number of hydrogen-bond donors (Lipinski definition) is 3. The van der Waals surface area contributed by atoms with Crippen LogP contribution in [-0.4, -0.2) is 33.7 Å². The van der Waals surface area contributed by atoms with Gasteiger partial charge in [-0.15, -0.1) is 11.3 Å². The SMILES string of the molecule is CC(O)(C(=O)Nc1ccc(C(=O)Nc2ccccc2-c2nccs2)cc1Cl)C(F)(F)F. The molecule has 1 heterocycles.